The summed E-state index contributed by atoms with van der Waals surface area (Å²) in [5, 5.41) is 2.74. The Hall–Kier alpha value is -1.39. The van der Waals surface area contributed by atoms with E-state index in [0.29, 0.717) is 13.0 Å². The Kier molecular flexibility index (Phi) is 3.45. The van der Waals surface area contributed by atoms with Crippen LogP contribution in [0.3, 0.4) is 0 Å². The molecule has 1 fully saturated rings. The summed E-state index contributed by atoms with van der Waals surface area (Å²) in [4.78, 5) is 10.6. The number of carbonyl (C=O) groups is 1. The monoisotopic (exact) mass is 235 g/mol. The lowest BCUT2D eigenvalue weighted by atomic mass is 10.0. The molecule has 2 atom stereocenters. The van der Waals surface area contributed by atoms with Gasteiger partial charge in [-0.1, -0.05) is 30.3 Å². The summed E-state index contributed by atoms with van der Waals surface area (Å²) in [6, 6.07) is 9.70. The molecule has 0 aromatic heterocycles. The quantitative estimate of drug-likeness (QED) is 0.810. The molecule has 1 aromatic rings. The average molecular weight is 235 g/mol. The summed E-state index contributed by atoms with van der Waals surface area (Å²) in [7, 11) is 0. The Labute approximate surface area is 101 Å². The van der Waals surface area contributed by atoms with E-state index < -0.39 is 5.79 Å². The number of benzene rings is 1. The maximum atomic E-state index is 10.6. The summed E-state index contributed by atoms with van der Waals surface area (Å²) in [6.07, 6.45) is 0.510. The highest BCUT2D eigenvalue weighted by Crippen LogP contribution is 2.32. The molecule has 0 aliphatic carbocycles. The summed E-state index contributed by atoms with van der Waals surface area (Å²) in [6.45, 7) is 4.20. The minimum atomic E-state index is -0.623. The fourth-order valence-corrected chi connectivity index (χ4v) is 1.97. The van der Waals surface area contributed by atoms with E-state index in [2.05, 4.69) is 5.32 Å². The van der Waals surface area contributed by atoms with Gasteiger partial charge < -0.3 is 14.8 Å². The van der Waals surface area contributed by atoms with E-state index in [9.17, 15) is 4.79 Å². The number of rotatable bonds is 3. The van der Waals surface area contributed by atoms with Crippen molar-refractivity contribution in [3.8, 4) is 0 Å². The van der Waals surface area contributed by atoms with Gasteiger partial charge in [0.2, 0.25) is 6.41 Å². The van der Waals surface area contributed by atoms with Crippen LogP contribution in [0.2, 0.25) is 0 Å². The molecule has 92 valence electrons. The third-order valence-electron chi connectivity index (χ3n) is 2.80. The van der Waals surface area contributed by atoms with Gasteiger partial charge in [-0.3, -0.25) is 4.79 Å². The van der Waals surface area contributed by atoms with Gasteiger partial charge in [-0.15, -0.1) is 0 Å². The first kappa shape index (κ1) is 12.1. The zero-order valence-electron chi connectivity index (χ0n) is 10.1. The van der Waals surface area contributed by atoms with Crippen LogP contribution in [0.5, 0.6) is 0 Å². The number of nitrogens with one attached hydrogen (secondary N) is 1. The molecule has 4 heteroatoms. The van der Waals surface area contributed by atoms with E-state index in [0.717, 1.165) is 5.56 Å². The van der Waals surface area contributed by atoms with E-state index >= 15 is 0 Å². The van der Waals surface area contributed by atoms with Crippen molar-refractivity contribution in [2.75, 3.05) is 6.61 Å². The molecular weight excluding hydrogens is 218 g/mol. The van der Waals surface area contributed by atoms with Crippen molar-refractivity contribution in [2.24, 2.45) is 0 Å². The van der Waals surface area contributed by atoms with Gasteiger partial charge in [0.05, 0.1) is 12.6 Å². The molecule has 1 amide bonds. The summed E-state index contributed by atoms with van der Waals surface area (Å²) < 4.78 is 11.4. The minimum absolute atomic E-state index is 0.150. The van der Waals surface area contributed by atoms with Crippen LogP contribution in [0.25, 0.3) is 0 Å². The number of hydrogen-bond donors (Lipinski definition) is 1. The van der Waals surface area contributed by atoms with Crippen LogP contribution in [0.4, 0.5) is 0 Å². The molecule has 2 unspecified atom stereocenters. The van der Waals surface area contributed by atoms with Crippen LogP contribution in [-0.2, 0) is 14.3 Å². The lowest BCUT2D eigenvalue weighted by Gasteiger charge is -2.41. The smallest absolute Gasteiger partial charge is 0.207 e. The predicted molar refractivity (Wildman–Crippen MR) is 63.3 cm³/mol. The van der Waals surface area contributed by atoms with Crippen molar-refractivity contribution in [1.29, 1.82) is 0 Å². The fraction of sp³-hybridized carbons (Fsp3) is 0.462. The van der Waals surface area contributed by atoms with Crippen LogP contribution >= 0.6 is 0 Å². The van der Waals surface area contributed by atoms with Crippen molar-refractivity contribution in [2.45, 2.75) is 31.8 Å². The van der Waals surface area contributed by atoms with E-state index in [-0.39, 0.29) is 12.1 Å². The van der Waals surface area contributed by atoms with E-state index in [1.807, 2.05) is 44.2 Å². The molecule has 1 aliphatic rings. The normalized spacial score (nSPS) is 27.4. The number of hydrogen-bond acceptors (Lipinski definition) is 3. The van der Waals surface area contributed by atoms with E-state index in [1.165, 1.54) is 0 Å². The van der Waals surface area contributed by atoms with E-state index in [4.69, 9.17) is 9.47 Å². The lowest BCUT2D eigenvalue weighted by Crippen LogP contribution is -2.50. The molecule has 1 aromatic carbocycles. The highest BCUT2D eigenvalue weighted by Gasteiger charge is 2.37. The second kappa shape index (κ2) is 4.85. The topological polar surface area (TPSA) is 47.6 Å². The van der Waals surface area contributed by atoms with Gasteiger partial charge in [-0.25, -0.2) is 0 Å². The van der Waals surface area contributed by atoms with Crippen LogP contribution in [0.1, 0.15) is 25.5 Å². The first-order chi connectivity index (χ1) is 8.12. The molecule has 2 rings (SSSR count). The van der Waals surface area contributed by atoms with Gasteiger partial charge in [0, 0.05) is 0 Å². The van der Waals surface area contributed by atoms with Crippen molar-refractivity contribution in [3.05, 3.63) is 35.9 Å². The summed E-state index contributed by atoms with van der Waals surface area (Å²) in [5.74, 6) is -0.623. The second-order valence-electron chi connectivity index (χ2n) is 4.55. The molecule has 0 saturated carbocycles. The Morgan fingerprint density at radius 2 is 2.06 bits per heavy atom. The van der Waals surface area contributed by atoms with Gasteiger partial charge in [-0.05, 0) is 19.4 Å². The maximum absolute atomic E-state index is 10.6. The molecule has 4 nitrogen and oxygen atoms in total. The lowest BCUT2D eigenvalue weighted by molar-refractivity contribution is -0.284. The third-order valence-corrected chi connectivity index (χ3v) is 2.80. The van der Waals surface area contributed by atoms with Crippen molar-refractivity contribution < 1.29 is 14.3 Å². The molecule has 1 saturated heterocycles. The van der Waals surface area contributed by atoms with Crippen molar-refractivity contribution in [1.82, 2.24) is 5.32 Å². The number of amides is 1. The minimum Gasteiger partial charge on any atom is -0.351 e. The van der Waals surface area contributed by atoms with Crippen LogP contribution in [0.15, 0.2) is 30.3 Å². The number of carbonyl (C=O) groups excluding carboxylic acids is 1. The largest absolute Gasteiger partial charge is 0.351 e. The molecule has 1 aliphatic heterocycles. The Bertz CT molecular complexity index is 378. The Balaban J connectivity index is 2.22. The highest BCUT2D eigenvalue weighted by atomic mass is 16.7. The van der Waals surface area contributed by atoms with Crippen LogP contribution < -0.4 is 5.32 Å². The first-order valence-corrected chi connectivity index (χ1v) is 5.69. The average Bonchev–Trinajstić information content (AvgIpc) is 2.32. The molecule has 0 bridgehead atoms. The Morgan fingerprint density at radius 1 is 1.35 bits per heavy atom. The molecule has 17 heavy (non-hydrogen) atoms. The predicted octanol–water partition coefficient (Wildman–Crippen LogP) is 1.63. The molecule has 0 spiro atoms. The number of ether oxygens (including phenoxy) is 2. The standard InChI is InChI=1S/C13H17NO3/c1-13(2)16-8-11(14-9-15)12(17-13)10-6-4-3-5-7-10/h3-7,9,11-12H,8H2,1-2H3,(H,14,15). The maximum Gasteiger partial charge on any atom is 0.207 e. The summed E-state index contributed by atoms with van der Waals surface area (Å²) in [5.41, 5.74) is 1.04. The summed E-state index contributed by atoms with van der Waals surface area (Å²) >= 11 is 0. The Morgan fingerprint density at radius 3 is 2.71 bits per heavy atom. The van der Waals surface area contributed by atoms with Gasteiger partial charge in [-0.2, -0.15) is 0 Å². The molecule has 1 N–H and O–H groups in total. The zero-order valence-corrected chi connectivity index (χ0v) is 10.1. The van der Waals surface area contributed by atoms with Gasteiger partial charge in [0.1, 0.15) is 6.10 Å². The SMILES string of the molecule is CC1(C)OCC(NC=O)C(c2ccccc2)O1. The van der Waals surface area contributed by atoms with Crippen LogP contribution in [-0.4, -0.2) is 24.8 Å². The second-order valence-corrected chi connectivity index (χ2v) is 4.55. The highest BCUT2D eigenvalue weighted by molar-refractivity contribution is 5.47. The van der Waals surface area contributed by atoms with E-state index in [1.54, 1.807) is 0 Å². The molecule has 0 radical (unpaired) electrons. The molecular formula is C13H17NO3. The fourth-order valence-electron chi connectivity index (χ4n) is 1.97. The zero-order chi connectivity index (χ0) is 12.3. The first-order valence-electron chi connectivity index (χ1n) is 5.69. The van der Waals surface area contributed by atoms with Gasteiger partial charge in [0.15, 0.2) is 5.79 Å². The van der Waals surface area contributed by atoms with Gasteiger partial charge >= 0.3 is 0 Å². The third kappa shape index (κ3) is 2.84. The van der Waals surface area contributed by atoms with Gasteiger partial charge in [0.25, 0.3) is 0 Å². The van der Waals surface area contributed by atoms with Crippen molar-refractivity contribution >= 4 is 6.41 Å². The van der Waals surface area contributed by atoms with Crippen molar-refractivity contribution in [3.63, 3.8) is 0 Å². The molecule has 1 heterocycles. The van der Waals surface area contributed by atoms with Crippen LogP contribution in [0, 0.1) is 0 Å².